The first-order valence-corrected chi connectivity index (χ1v) is 5.30. The normalized spacial score (nSPS) is 10.0. The number of Topliss-reactive ketones (excluding diaryl/α,β-unsaturated/α-hetero) is 1. The van der Waals surface area contributed by atoms with E-state index < -0.39 is 0 Å². The van der Waals surface area contributed by atoms with Crippen LogP contribution in [0.2, 0.25) is 0 Å². The molecule has 70 valence electrons. The van der Waals surface area contributed by atoms with Crippen LogP contribution in [0, 0.1) is 0 Å². The zero-order valence-corrected chi connectivity index (χ0v) is 8.41. The number of aromatic nitrogens is 1. The van der Waals surface area contributed by atoms with Gasteiger partial charge in [-0.15, -0.1) is 0 Å². The molecule has 0 unspecified atom stereocenters. The van der Waals surface area contributed by atoms with E-state index in [2.05, 4.69) is 0 Å². The van der Waals surface area contributed by atoms with Crippen molar-refractivity contribution in [3.8, 4) is 0 Å². The summed E-state index contributed by atoms with van der Waals surface area (Å²) in [7, 11) is 0. The fourth-order valence-electron chi connectivity index (χ4n) is 1.22. The summed E-state index contributed by atoms with van der Waals surface area (Å²) >= 11 is 1.55. The first-order valence-electron chi connectivity index (χ1n) is 4.36. The third kappa shape index (κ3) is 2.06. The van der Waals surface area contributed by atoms with Crippen molar-refractivity contribution in [1.82, 2.24) is 0 Å². The fraction of sp³-hybridized carbons (Fsp3) is 0.0909. The number of carbonyl (C=O) groups is 1. The third-order valence-electron chi connectivity index (χ3n) is 1.95. The molecule has 0 aliphatic heterocycles. The SMILES string of the molecule is O=C(C[n+]1ccccc1)c1ccsc1. The Balaban J connectivity index is 2.10. The van der Waals surface area contributed by atoms with Gasteiger partial charge in [-0.25, -0.2) is 0 Å². The van der Waals surface area contributed by atoms with Gasteiger partial charge in [-0.1, -0.05) is 6.07 Å². The van der Waals surface area contributed by atoms with E-state index in [0.29, 0.717) is 6.54 Å². The molecule has 0 aromatic carbocycles. The highest BCUT2D eigenvalue weighted by Crippen LogP contribution is 2.06. The molecule has 2 aromatic heterocycles. The smallest absolute Gasteiger partial charge is 0.228 e. The molecular formula is C11H10NOS+. The Hall–Kier alpha value is -1.48. The summed E-state index contributed by atoms with van der Waals surface area (Å²) < 4.78 is 1.88. The van der Waals surface area contributed by atoms with Crippen LogP contribution in [0.3, 0.4) is 0 Å². The number of thiophene rings is 1. The van der Waals surface area contributed by atoms with Crippen LogP contribution < -0.4 is 4.57 Å². The average molecular weight is 204 g/mol. The van der Waals surface area contributed by atoms with Crippen molar-refractivity contribution in [1.29, 1.82) is 0 Å². The molecule has 0 spiro atoms. The Morgan fingerprint density at radius 3 is 2.71 bits per heavy atom. The molecule has 0 fully saturated rings. The Bertz CT molecular complexity index is 408. The summed E-state index contributed by atoms with van der Waals surface area (Å²) in [6, 6.07) is 7.63. The van der Waals surface area contributed by atoms with E-state index in [4.69, 9.17) is 0 Å². The van der Waals surface area contributed by atoms with Gasteiger partial charge in [0.05, 0.1) is 0 Å². The van der Waals surface area contributed by atoms with Crippen LogP contribution in [-0.2, 0) is 6.54 Å². The molecule has 14 heavy (non-hydrogen) atoms. The van der Waals surface area contributed by atoms with Crippen LogP contribution in [0.4, 0.5) is 0 Å². The number of hydrogen-bond acceptors (Lipinski definition) is 2. The summed E-state index contributed by atoms with van der Waals surface area (Å²) in [5.41, 5.74) is 0.798. The van der Waals surface area contributed by atoms with Gasteiger partial charge in [-0.2, -0.15) is 15.9 Å². The third-order valence-corrected chi connectivity index (χ3v) is 2.63. The Labute approximate surface area is 86.4 Å². The highest BCUT2D eigenvalue weighted by Gasteiger charge is 2.10. The number of nitrogens with zero attached hydrogens (tertiary/aromatic N) is 1. The van der Waals surface area contributed by atoms with Gasteiger partial charge in [0.15, 0.2) is 12.4 Å². The molecule has 3 heteroatoms. The predicted molar refractivity (Wildman–Crippen MR) is 55.3 cm³/mol. The van der Waals surface area contributed by atoms with Crippen LogP contribution in [0.5, 0.6) is 0 Å². The molecule has 2 nitrogen and oxygen atoms in total. The van der Waals surface area contributed by atoms with Gasteiger partial charge in [-0.05, 0) is 11.4 Å². The van der Waals surface area contributed by atoms with Crippen molar-refractivity contribution in [2.24, 2.45) is 0 Å². The summed E-state index contributed by atoms with van der Waals surface area (Å²) in [4.78, 5) is 11.7. The average Bonchev–Trinajstić information content (AvgIpc) is 2.72. The second-order valence-electron chi connectivity index (χ2n) is 2.98. The minimum absolute atomic E-state index is 0.155. The fourth-order valence-corrected chi connectivity index (χ4v) is 1.88. The minimum atomic E-state index is 0.155. The van der Waals surface area contributed by atoms with Crippen LogP contribution >= 0.6 is 11.3 Å². The van der Waals surface area contributed by atoms with Gasteiger partial charge in [-0.3, -0.25) is 4.79 Å². The lowest BCUT2D eigenvalue weighted by Gasteiger charge is -1.93. The highest BCUT2D eigenvalue weighted by molar-refractivity contribution is 7.08. The van der Waals surface area contributed by atoms with Crippen molar-refractivity contribution < 1.29 is 9.36 Å². The van der Waals surface area contributed by atoms with Crippen LogP contribution in [-0.4, -0.2) is 5.78 Å². The summed E-state index contributed by atoms with van der Waals surface area (Å²) in [6.07, 6.45) is 3.79. The maximum atomic E-state index is 11.7. The first-order chi connectivity index (χ1) is 6.86. The molecule has 2 rings (SSSR count). The number of pyridine rings is 1. The van der Waals surface area contributed by atoms with Crippen LogP contribution in [0.1, 0.15) is 10.4 Å². The topological polar surface area (TPSA) is 20.9 Å². The second kappa shape index (κ2) is 4.15. The lowest BCUT2D eigenvalue weighted by molar-refractivity contribution is -0.683. The maximum absolute atomic E-state index is 11.7. The van der Waals surface area contributed by atoms with E-state index in [9.17, 15) is 4.79 Å². The van der Waals surface area contributed by atoms with Gasteiger partial charge in [0, 0.05) is 23.1 Å². The van der Waals surface area contributed by atoms with E-state index in [1.807, 2.05) is 52.0 Å². The van der Waals surface area contributed by atoms with E-state index in [-0.39, 0.29) is 5.78 Å². The molecule has 2 aromatic rings. The standard InChI is InChI=1S/C11H10NOS/c13-11(10-4-7-14-9-10)8-12-5-2-1-3-6-12/h1-7,9H,8H2/q+1. The summed E-state index contributed by atoms with van der Waals surface area (Å²) in [5.74, 6) is 0.155. The second-order valence-corrected chi connectivity index (χ2v) is 3.76. The minimum Gasteiger partial charge on any atom is -0.287 e. The maximum Gasteiger partial charge on any atom is 0.228 e. The molecule has 0 aliphatic carbocycles. The van der Waals surface area contributed by atoms with Crippen molar-refractivity contribution in [2.45, 2.75) is 6.54 Å². The highest BCUT2D eigenvalue weighted by atomic mass is 32.1. The first kappa shape index (κ1) is 9.09. The van der Waals surface area contributed by atoms with Crippen molar-refractivity contribution in [3.05, 3.63) is 53.0 Å². The summed E-state index contributed by atoms with van der Waals surface area (Å²) in [5, 5.41) is 3.80. The zero-order valence-electron chi connectivity index (χ0n) is 7.59. The van der Waals surface area contributed by atoms with Crippen molar-refractivity contribution in [2.75, 3.05) is 0 Å². The molecule has 0 atom stereocenters. The number of hydrogen-bond donors (Lipinski definition) is 0. The predicted octanol–water partition coefficient (Wildman–Crippen LogP) is 1.92. The molecule has 0 saturated carbocycles. The lowest BCUT2D eigenvalue weighted by atomic mass is 10.2. The molecule has 0 N–H and O–H groups in total. The van der Waals surface area contributed by atoms with Gasteiger partial charge in [0.2, 0.25) is 12.3 Å². The van der Waals surface area contributed by atoms with Gasteiger partial charge >= 0.3 is 0 Å². The number of rotatable bonds is 3. The van der Waals surface area contributed by atoms with Gasteiger partial charge < -0.3 is 0 Å². The molecule has 0 bridgehead atoms. The molecule has 0 saturated heterocycles. The monoisotopic (exact) mass is 204 g/mol. The van der Waals surface area contributed by atoms with Crippen molar-refractivity contribution in [3.63, 3.8) is 0 Å². The number of ketones is 1. The van der Waals surface area contributed by atoms with Crippen LogP contribution in [0.15, 0.2) is 47.4 Å². The van der Waals surface area contributed by atoms with E-state index in [1.165, 1.54) is 0 Å². The van der Waals surface area contributed by atoms with E-state index in [0.717, 1.165) is 5.56 Å². The quantitative estimate of drug-likeness (QED) is 0.552. The Morgan fingerprint density at radius 1 is 1.29 bits per heavy atom. The Kier molecular flexibility index (Phi) is 2.70. The van der Waals surface area contributed by atoms with Gasteiger partial charge in [0.1, 0.15) is 0 Å². The Morgan fingerprint density at radius 2 is 2.07 bits per heavy atom. The molecule has 0 amide bonds. The van der Waals surface area contributed by atoms with E-state index >= 15 is 0 Å². The molecule has 0 aliphatic rings. The number of carbonyl (C=O) groups excluding carboxylic acids is 1. The molecule has 0 radical (unpaired) electrons. The largest absolute Gasteiger partial charge is 0.287 e. The molecular weight excluding hydrogens is 194 g/mol. The van der Waals surface area contributed by atoms with E-state index in [1.54, 1.807) is 11.3 Å². The zero-order chi connectivity index (χ0) is 9.80. The lowest BCUT2D eigenvalue weighted by Crippen LogP contribution is -2.36. The summed E-state index contributed by atoms with van der Waals surface area (Å²) in [6.45, 7) is 0.414. The molecule has 2 heterocycles. The van der Waals surface area contributed by atoms with Crippen molar-refractivity contribution >= 4 is 17.1 Å². The van der Waals surface area contributed by atoms with Crippen LogP contribution in [0.25, 0.3) is 0 Å². The van der Waals surface area contributed by atoms with Gasteiger partial charge in [0.25, 0.3) is 0 Å².